The summed E-state index contributed by atoms with van der Waals surface area (Å²) in [6.45, 7) is 4.34. The Morgan fingerprint density at radius 1 is 1.14 bits per heavy atom. The lowest BCUT2D eigenvalue weighted by atomic mass is 9.89. The minimum atomic E-state index is 0.208. The fourth-order valence-corrected chi connectivity index (χ4v) is 4.68. The summed E-state index contributed by atoms with van der Waals surface area (Å²) in [6, 6.07) is 8.07. The van der Waals surface area contributed by atoms with Gasteiger partial charge in [0.05, 0.1) is 0 Å². The van der Waals surface area contributed by atoms with Crippen molar-refractivity contribution in [3.05, 3.63) is 46.5 Å². The summed E-state index contributed by atoms with van der Waals surface area (Å²) in [6.07, 6.45) is 7.33. The van der Waals surface area contributed by atoms with Crippen molar-refractivity contribution in [3.63, 3.8) is 0 Å². The number of benzene rings is 1. The van der Waals surface area contributed by atoms with Crippen LogP contribution in [0, 0.1) is 5.92 Å². The molecule has 4 rings (SSSR count). The highest BCUT2D eigenvalue weighted by Crippen LogP contribution is 2.23. The van der Waals surface area contributed by atoms with E-state index >= 15 is 0 Å². The molecule has 0 atom stereocenters. The van der Waals surface area contributed by atoms with E-state index in [-0.39, 0.29) is 11.8 Å². The Labute approximate surface area is 177 Å². The van der Waals surface area contributed by atoms with Crippen LogP contribution in [0.15, 0.2) is 24.3 Å². The summed E-state index contributed by atoms with van der Waals surface area (Å²) in [5, 5.41) is 12.7. The Morgan fingerprint density at radius 2 is 2.00 bits per heavy atom. The van der Waals surface area contributed by atoms with E-state index in [0.29, 0.717) is 6.54 Å². The van der Waals surface area contributed by atoms with Crippen molar-refractivity contribution in [2.75, 3.05) is 19.6 Å². The van der Waals surface area contributed by atoms with E-state index in [1.807, 2.05) is 18.2 Å². The average molecular weight is 416 g/mol. The monoisotopic (exact) mass is 415 g/mol. The zero-order valence-electron chi connectivity index (χ0n) is 16.9. The molecule has 2 heterocycles. The Kier molecular flexibility index (Phi) is 6.82. The Balaban J connectivity index is 1.28. The van der Waals surface area contributed by atoms with E-state index in [9.17, 15) is 4.79 Å². The van der Waals surface area contributed by atoms with Gasteiger partial charge in [-0.3, -0.25) is 9.69 Å². The molecule has 0 radical (unpaired) electrons. The molecular weight excluding hydrogens is 386 g/mol. The molecule has 29 heavy (non-hydrogen) atoms. The quantitative estimate of drug-likeness (QED) is 0.786. The third-order valence-corrected chi connectivity index (χ3v) is 6.35. The molecule has 1 aliphatic carbocycles. The molecular formula is C22H30ClN5O. The zero-order chi connectivity index (χ0) is 20.1. The molecule has 6 nitrogen and oxygen atoms in total. The summed E-state index contributed by atoms with van der Waals surface area (Å²) in [5.74, 6) is 2.45. The second-order valence-corrected chi connectivity index (χ2v) is 8.65. The van der Waals surface area contributed by atoms with Gasteiger partial charge in [0, 0.05) is 56.5 Å². The smallest absolute Gasteiger partial charge is 0.223 e. The zero-order valence-corrected chi connectivity index (χ0v) is 17.7. The highest BCUT2D eigenvalue weighted by molar-refractivity contribution is 6.30. The van der Waals surface area contributed by atoms with Gasteiger partial charge in [-0.1, -0.05) is 43.0 Å². The van der Waals surface area contributed by atoms with Gasteiger partial charge in [-0.2, -0.15) is 0 Å². The van der Waals surface area contributed by atoms with Crippen LogP contribution in [-0.4, -0.2) is 45.2 Å². The number of nitrogens with one attached hydrogen (secondary N) is 1. The SMILES string of the molecule is O=C(NCCc1nnc2n1CCN(Cc1cccc(Cl)c1)CC2)C1CCCCC1. The van der Waals surface area contributed by atoms with Crippen molar-refractivity contribution in [2.45, 2.75) is 58.0 Å². The van der Waals surface area contributed by atoms with Gasteiger partial charge in [-0.15, -0.1) is 10.2 Å². The predicted octanol–water partition coefficient (Wildman–Crippen LogP) is 3.23. The van der Waals surface area contributed by atoms with Gasteiger partial charge in [-0.25, -0.2) is 0 Å². The van der Waals surface area contributed by atoms with Crippen LogP contribution >= 0.6 is 11.6 Å². The van der Waals surface area contributed by atoms with Crippen molar-refractivity contribution in [1.29, 1.82) is 0 Å². The molecule has 0 spiro atoms. The van der Waals surface area contributed by atoms with Crippen molar-refractivity contribution in [1.82, 2.24) is 25.0 Å². The maximum atomic E-state index is 12.3. The number of halogens is 1. The fraction of sp³-hybridized carbons (Fsp3) is 0.591. The number of carbonyl (C=O) groups is 1. The van der Waals surface area contributed by atoms with Gasteiger partial charge in [-0.05, 0) is 30.5 Å². The van der Waals surface area contributed by atoms with Gasteiger partial charge in [0.1, 0.15) is 11.6 Å². The van der Waals surface area contributed by atoms with Crippen LogP contribution in [-0.2, 0) is 30.7 Å². The largest absolute Gasteiger partial charge is 0.355 e. The molecule has 0 unspecified atom stereocenters. The van der Waals surface area contributed by atoms with Crippen LogP contribution in [0.2, 0.25) is 5.02 Å². The van der Waals surface area contributed by atoms with Gasteiger partial charge >= 0.3 is 0 Å². The van der Waals surface area contributed by atoms with Crippen molar-refractivity contribution >= 4 is 17.5 Å². The summed E-state index contributed by atoms with van der Waals surface area (Å²) in [5.41, 5.74) is 1.24. The molecule has 7 heteroatoms. The lowest BCUT2D eigenvalue weighted by Gasteiger charge is -2.21. The molecule has 1 aromatic heterocycles. The third kappa shape index (κ3) is 5.37. The molecule has 0 saturated heterocycles. The first-order valence-corrected chi connectivity index (χ1v) is 11.2. The second kappa shape index (κ2) is 9.72. The maximum absolute atomic E-state index is 12.3. The van der Waals surface area contributed by atoms with Crippen molar-refractivity contribution in [3.8, 4) is 0 Å². The van der Waals surface area contributed by atoms with Gasteiger partial charge in [0.15, 0.2) is 0 Å². The van der Waals surface area contributed by atoms with Gasteiger partial charge < -0.3 is 9.88 Å². The molecule has 0 bridgehead atoms. The molecule has 156 valence electrons. The van der Waals surface area contributed by atoms with E-state index < -0.39 is 0 Å². The number of fused-ring (bicyclic) bond motifs is 1. The topological polar surface area (TPSA) is 63.1 Å². The van der Waals surface area contributed by atoms with E-state index in [2.05, 4.69) is 31.0 Å². The molecule has 1 fully saturated rings. The summed E-state index contributed by atoms with van der Waals surface area (Å²) >= 11 is 6.12. The first kappa shape index (κ1) is 20.4. The highest BCUT2D eigenvalue weighted by atomic mass is 35.5. The summed E-state index contributed by atoms with van der Waals surface area (Å²) < 4.78 is 2.24. The van der Waals surface area contributed by atoms with Gasteiger partial charge in [0.25, 0.3) is 0 Å². The van der Waals surface area contributed by atoms with Crippen LogP contribution in [0.4, 0.5) is 0 Å². The lowest BCUT2D eigenvalue weighted by Crippen LogP contribution is -2.33. The van der Waals surface area contributed by atoms with Crippen molar-refractivity contribution in [2.24, 2.45) is 5.92 Å². The van der Waals surface area contributed by atoms with Gasteiger partial charge in [0.2, 0.25) is 5.91 Å². The lowest BCUT2D eigenvalue weighted by molar-refractivity contribution is -0.125. The van der Waals surface area contributed by atoms with E-state index in [1.54, 1.807) is 0 Å². The number of carbonyl (C=O) groups excluding carboxylic acids is 1. The molecule has 1 aliphatic heterocycles. The molecule has 1 amide bonds. The Bertz CT molecular complexity index is 830. The minimum Gasteiger partial charge on any atom is -0.355 e. The Morgan fingerprint density at radius 3 is 2.83 bits per heavy atom. The molecule has 1 saturated carbocycles. The maximum Gasteiger partial charge on any atom is 0.223 e. The second-order valence-electron chi connectivity index (χ2n) is 8.22. The van der Waals surface area contributed by atoms with Crippen LogP contribution in [0.25, 0.3) is 0 Å². The number of amides is 1. The number of hydrogen-bond acceptors (Lipinski definition) is 4. The standard InChI is InChI=1S/C22H30ClN5O/c23-19-8-4-5-17(15-19)16-27-12-10-21-26-25-20(28(21)14-13-27)9-11-24-22(29)18-6-2-1-3-7-18/h4-5,8,15,18H,1-3,6-7,9-14,16H2,(H,24,29). The molecule has 1 aromatic carbocycles. The van der Waals surface area contributed by atoms with E-state index in [0.717, 1.165) is 68.5 Å². The third-order valence-electron chi connectivity index (χ3n) is 6.11. The summed E-state index contributed by atoms with van der Waals surface area (Å²) in [4.78, 5) is 14.8. The predicted molar refractivity (Wildman–Crippen MR) is 114 cm³/mol. The first-order chi connectivity index (χ1) is 14.2. The Hall–Kier alpha value is -1.92. The number of rotatable bonds is 6. The number of aromatic nitrogens is 3. The number of hydrogen-bond donors (Lipinski definition) is 1. The van der Waals surface area contributed by atoms with Crippen LogP contribution in [0.5, 0.6) is 0 Å². The van der Waals surface area contributed by atoms with E-state index in [4.69, 9.17) is 11.6 Å². The molecule has 2 aromatic rings. The summed E-state index contributed by atoms with van der Waals surface area (Å²) in [7, 11) is 0. The van der Waals surface area contributed by atoms with Crippen molar-refractivity contribution < 1.29 is 4.79 Å². The van der Waals surface area contributed by atoms with Crippen LogP contribution in [0.1, 0.15) is 49.3 Å². The van der Waals surface area contributed by atoms with Crippen LogP contribution in [0.3, 0.4) is 0 Å². The number of nitrogens with zero attached hydrogens (tertiary/aromatic N) is 4. The molecule has 1 N–H and O–H groups in total. The average Bonchev–Trinajstić information content (AvgIpc) is 3.01. The minimum absolute atomic E-state index is 0.208. The highest BCUT2D eigenvalue weighted by Gasteiger charge is 2.22. The first-order valence-electron chi connectivity index (χ1n) is 10.8. The molecule has 2 aliphatic rings. The normalized spacial score (nSPS) is 18.2. The fourth-order valence-electron chi connectivity index (χ4n) is 4.47. The van der Waals surface area contributed by atoms with E-state index in [1.165, 1.54) is 24.8 Å². The van der Waals surface area contributed by atoms with Crippen LogP contribution < -0.4 is 5.32 Å².